The molecule has 1 aromatic heterocycles. The minimum Gasteiger partial charge on any atom is -0.367 e. The molecule has 0 fully saturated rings. The van der Waals surface area contributed by atoms with Crippen LogP contribution in [-0.4, -0.2) is 11.0 Å². The maximum Gasteiger partial charge on any atom is 0.126 e. The lowest BCUT2D eigenvalue weighted by atomic mass is 10.1. The molecule has 0 saturated carbocycles. The van der Waals surface area contributed by atoms with Crippen LogP contribution in [0.3, 0.4) is 0 Å². The fourth-order valence-electron chi connectivity index (χ4n) is 2.42. The molecule has 0 atom stereocenters. The quantitative estimate of drug-likeness (QED) is 0.848. The summed E-state index contributed by atoms with van der Waals surface area (Å²) in [6.07, 6.45) is 4.11. The van der Waals surface area contributed by atoms with Gasteiger partial charge in [0, 0.05) is 12.2 Å². The van der Waals surface area contributed by atoms with Crippen LogP contribution >= 0.6 is 0 Å². The molecule has 2 nitrogen and oxygen atoms in total. The molecule has 3 rings (SSSR count). The van der Waals surface area contributed by atoms with E-state index in [1.54, 1.807) is 0 Å². The fourth-order valence-corrected chi connectivity index (χ4v) is 2.42. The van der Waals surface area contributed by atoms with E-state index in [9.17, 15) is 0 Å². The predicted octanol–water partition coefficient (Wildman–Crippen LogP) is 2.97. The molecule has 0 saturated heterocycles. The molecule has 0 bridgehead atoms. The standard InChI is InChI=1S/C15H16N2/c1-11-6-7-15(16-10-11)17-14-8-12-4-2-3-5-13(12)9-14/h2-7,10,14H,8-9H2,1H3,(H,16,17). The van der Waals surface area contributed by atoms with Gasteiger partial charge in [0.2, 0.25) is 0 Å². The van der Waals surface area contributed by atoms with Crippen molar-refractivity contribution >= 4 is 5.82 Å². The summed E-state index contributed by atoms with van der Waals surface area (Å²) < 4.78 is 0. The molecule has 1 N–H and O–H groups in total. The van der Waals surface area contributed by atoms with Crippen LogP contribution in [0, 0.1) is 6.92 Å². The minimum atomic E-state index is 0.489. The molecule has 86 valence electrons. The van der Waals surface area contributed by atoms with Crippen molar-refractivity contribution in [3.05, 3.63) is 59.3 Å². The summed E-state index contributed by atoms with van der Waals surface area (Å²) in [5, 5.41) is 3.50. The zero-order valence-electron chi connectivity index (χ0n) is 9.98. The Labute approximate surface area is 102 Å². The molecule has 0 amide bonds. The summed E-state index contributed by atoms with van der Waals surface area (Å²) in [6, 6.07) is 13.3. The summed E-state index contributed by atoms with van der Waals surface area (Å²) in [4.78, 5) is 4.39. The van der Waals surface area contributed by atoms with E-state index in [1.165, 1.54) is 16.7 Å². The number of benzene rings is 1. The van der Waals surface area contributed by atoms with E-state index in [1.807, 2.05) is 6.20 Å². The molecule has 0 unspecified atom stereocenters. The van der Waals surface area contributed by atoms with Crippen molar-refractivity contribution in [3.63, 3.8) is 0 Å². The van der Waals surface area contributed by atoms with Crippen LogP contribution in [0.5, 0.6) is 0 Å². The van der Waals surface area contributed by atoms with Crippen LogP contribution in [0.4, 0.5) is 5.82 Å². The summed E-state index contributed by atoms with van der Waals surface area (Å²) in [5.41, 5.74) is 4.14. The third-order valence-electron chi connectivity index (χ3n) is 3.31. The number of aromatic nitrogens is 1. The Morgan fingerprint density at radius 3 is 2.35 bits per heavy atom. The van der Waals surface area contributed by atoms with Gasteiger partial charge in [0.1, 0.15) is 5.82 Å². The number of fused-ring (bicyclic) bond motifs is 1. The molecule has 0 aliphatic heterocycles. The van der Waals surface area contributed by atoms with Crippen molar-refractivity contribution in [3.8, 4) is 0 Å². The van der Waals surface area contributed by atoms with Gasteiger partial charge < -0.3 is 5.32 Å². The van der Waals surface area contributed by atoms with Gasteiger partial charge in [-0.05, 0) is 42.5 Å². The van der Waals surface area contributed by atoms with E-state index in [-0.39, 0.29) is 0 Å². The van der Waals surface area contributed by atoms with E-state index >= 15 is 0 Å². The second-order valence-electron chi connectivity index (χ2n) is 4.74. The number of nitrogens with zero attached hydrogens (tertiary/aromatic N) is 1. The van der Waals surface area contributed by atoms with Crippen LogP contribution in [0.1, 0.15) is 16.7 Å². The van der Waals surface area contributed by atoms with E-state index in [4.69, 9.17) is 0 Å². The van der Waals surface area contributed by atoms with E-state index in [0.29, 0.717) is 6.04 Å². The van der Waals surface area contributed by atoms with Gasteiger partial charge in [-0.1, -0.05) is 30.3 Å². The Hall–Kier alpha value is -1.83. The molecular formula is C15H16N2. The van der Waals surface area contributed by atoms with Crippen LogP contribution in [-0.2, 0) is 12.8 Å². The predicted molar refractivity (Wildman–Crippen MR) is 70.2 cm³/mol. The molecule has 1 aliphatic rings. The summed E-state index contributed by atoms with van der Waals surface area (Å²) >= 11 is 0. The minimum absolute atomic E-state index is 0.489. The SMILES string of the molecule is Cc1ccc(NC2Cc3ccccc3C2)nc1. The molecule has 1 heterocycles. The average molecular weight is 224 g/mol. The Bertz CT molecular complexity index is 492. The highest BCUT2D eigenvalue weighted by Gasteiger charge is 2.20. The monoisotopic (exact) mass is 224 g/mol. The van der Waals surface area contributed by atoms with Crippen LogP contribution in [0.15, 0.2) is 42.6 Å². The molecule has 0 radical (unpaired) electrons. The van der Waals surface area contributed by atoms with Gasteiger partial charge in [-0.2, -0.15) is 0 Å². The number of anilines is 1. The van der Waals surface area contributed by atoms with Gasteiger partial charge in [0.25, 0.3) is 0 Å². The molecular weight excluding hydrogens is 208 g/mol. The zero-order chi connectivity index (χ0) is 11.7. The largest absolute Gasteiger partial charge is 0.367 e. The number of pyridine rings is 1. The zero-order valence-corrected chi connectivity index (χ0v) is 9.98. The Balaban J connectivity index is 1.71. The van der Waals surface area contributed by atoms with E-state index < -0.39 is 0 Å². The Kier molecular flexibility index (Phi) is 2.56. The molecule has 0 spiro atoms. The van der Waals surface area contributed by atoms with Gasteiger partial charge >= 0.3 is 0 Å². The average Bonchev–Trinajstić information content (AvgIpc) is 2.74. The maximum atomic E-state index is 4.39. The van der Waals surface area contributed by atoms with Crippen molar-refractivity contribution < 1.29 is 0 Å². The second-order valence-corrected chi connectivity index (χ2v) is 4.74. The number of hydrogen-bond donors (Lipinski definition) is 1. The molecule has 17 heavy (non-hydrogen) atoms. The van der Waals surface area contributed by atoms with Crippen molar-refractivity contribution in [1.82, 2.24) is 4.98 Å². The van der Waals surface area contributed by atoms with E-state index in [2.05, 4.69) is 53.6 Å². The highest BCUT2D eigenvalue weighted by Crippen LogP contribution is 2.23. The van der Waals surface area contributed by atoms with Crippen molar-refractivity contribution in [1.29, 1.82) is 0 Å². The fraction of sp³-hybridized carbons (Fsp3) is 0.267. The lowest BCUT2D eigenvalue weighted by Gasteiger charge is -2.12. The second kappa shape index (κ2) is 4.21. The van der Waals surface area contributed by atoms with Gasteiger partial charge in [0.05, 0.1) is 0 Å². The molecule has 1 aromatic carbocycles. The Morgan fingerprint density at radius 2 is 1.76 bits per heavy atom. The lowest BCUT2D eigenvalue weighted by Crippen LogP contribution is -2.20. The van der Waals surface area contributed by atoms with Crippen LogP contribution in [0.2, 0.25) is 0 Å². The first kappa shape index (κ1) is 10.3. The highest BCUT2D eigenvalue weighted by atomic mass is 15.0. The Morgan fingerprint density at radius 1 is 1.06 bits per heavy atom. The van der Waals surface area contributed by atoms with Gasteiger partial charge in [-0.3, -0.25) is 0 Å². The molecule has 1 aliphatic carbocycles. The first-order valence-electron chi connectivity index (χ1n) is 6.07. The number of aryl methyl sites for hydroxylation is 1. The normalized spacial score (nSPS) is 14.6. The third kappa shape index (κ3) is 2.16. The summed E-state index contributed by atoms with van der Waals surface area (Å²) in [7, 11) is 0. The molecule has 2 aromatic rings. The van der Waals surface area contributed by atoms with Crippen molar-refractivity contribution in [2.75, 3.05) is 5.32 Å². The van der Waals surface area contributed by atoms with Gasteiger partial charge in [-0.25, -0.2) is 4.98 Å². The summed E-state index contributed by atoms with van der Waals surface area (Å²) in [5.74, 6) is 0.980. The molecule has 2 heteroatoms. The van der Waals surface area contributed by atoms with Crippen molar-refractivity contribution in [2.45, 2.75) is 25.8 Å². The van der Waals surface area contributed by atoms with E-state index in [0.717, 1.165) is 18.7 Å². The van der Waals surface area contributed by atoms with Gasteiger partial charge in [0.15, 0.2) is 0 Å². The van der Waals surface area contributed by atoms with Gasteiger partial charge in [-0.15, -0.1) is 0 Å². The first-order valence-corrected chi connectivity index (χ1v) is 6.07. The lowest BCUT2D eigenvalue weighted by molar-refractivity contribution is 0.769. The maximum absolute atomic E-state index is 4.39. The first-order chi connectivity index (χ1) is 8.31. The van der Waals surface area contributed by atoms with Crippen LogP contribution in [0.25, 0.3) is 0 Å². The third-order valence-corrected chi connectivity index (χ3v) is 3.31. The topological polar surface area (TPSA) is 24.9 Å². The number of hydrogen-bond acceptors (Lipinski definition) is 2. The van der Waals surface area contributed by atoms with Crippen molar-refractivity contribution in [2.24, 2.45) is 0 Å². The smallest absolute Gasteiger partial charge is 0.126 e. The summed E-state index contributed by atoms with van der Waals surface area (Å²) in [6.45, 7) is 2.06. The highest BCUT2D eigenvalue weighted by molar-refractivity contribution is 5.41. The number of nitrogens with one attached hydrogen (secondary N) is 1. The number of rotatable bonds is 2. The van der Waals surface area contributed by atoms with Crippen LogP contribution < -0.4 is 5.32 Å².